The Morgan fingerprint density at radius 2 is 2.00 bits per heavy atom. The maximum absolute atomic E-state index is 5.76. The fourth-order valence-corrected chi connectivity index (χ4v) is 3.65. The van der Waals surface area contributed by atoms with E-state index in [0.29, 0.717) is 19.3 Å². The van der Waals surface area contributed by atoms with Crippen LogP contribution in [0.4, 0.5) is 0 Å². The highest BCUT2D eigenvalue weighted by Crippen LogP contribution is 2.38. The fourth-order valence-electron chi connectivity index (χ4n) is 3.31. The summed E-state index contributed by atoms with van der Waals surface area (Å²) in [4.78, 5) is 6.45. The molecule has 4 rings (SSSR count). The van der Waals surface area contributed by atoms with Crippen LogP contribution in [0.5, 0.6) is 5.75 Å². The van der Waals surface area contributed by atoms with Crippen LogP contribution in [0.2, 0.25) is 0 Å². The van der Waals surface area contributed by atoms with Gasteiger partial charge in [0.25, 0.3) is 0 Å². The van der Waals surface area contributed by atoms with E-state index in [1.807, 2.05) is 42.1 Å². The van der Waals surface area contributed by atoms with Crippen molar-refractivity contribution < 1.29 is 4.74 Å². The van der Waals surface area contributed by atoms with E-state index in [1.54, 1.807) is 6.20 Å². The molecule has 0 atom stereocenters. The lowest BCUT2D eigenvalue weighted by Gasteiger charge is -2.16. The molecule has 1 saturated carbocycles. The van der Waals surface area contributed by atoms with Gasteiger partial charge in [-0.05, 0) is 68.9 Å². The molecule has 6 nitrogen and oxygen atoms in total. The Balaban J connectivity index is 1.52. The number of ether oxygens (including phenoxy) is 1. The number of nitrogens with zero attached hydrogens (tertiary/aromatic N) is 5. The summed E-state index contributed by atoms with van der Waals surface area (Å²) in [5.41, 5.74) is 2.24. The molecule has 2 heterocycles. The number of hydrogen-bond donors (Lipinski definition) is 0. The topological polar surface area (TPSA) is 48.1 Å². The van der Waals surface area contributed by atoms with E-state index in [-0.39, 0.29) is 0 Å². The van der Waals surface area contributed by atoms with E-state index in [4.69, 9.17) is 22.1 Å². The number of rotatable bonds is 8. The molecule has 0 bridgehead atoms. The van der Waals surface area contributed by atoms with Gasteiger partial charge in [0.1, 0.15) is 5.75 Å². The van der Waals surface area contributed by atoms with Crippen molar-refractivity contribution in [1.82, 2.24) is 24.2 Å². The maximum atomic E-state index is 5.76. The zero-order chi connectivity index (χ0) is 19.5. The highest BCUT2D eigenvalue weighted by atomic mass is 32.1. The molecule has 1 aliphatic carbocycles. The lowest BCUT2D eigenvalue weighted by Crippen LogP contribution is -2.22. The van der Waals surface area contributed by atoms with Gasteiger partial charge in [0.2, 0.25) is 0 Å². The first kappa shape index (κ1) is 18.8. The van der Waals surface area contributed by atoms with Gasteiger partial charge < -0.3 is 4.74 Å². The van der Waals surface area contributed by atoms with Crippen LogP contribution in [0.1, 0.15) is 31.4 Å². The summed E-state index contributed by atoms with van der Waals surface area (Å²) in [6.07, 6.45) is 5.95. The van der Waals surface area contributed by atoms with Gasteiger partial charge in [0.15, 0.2) is 10.6 Å². The monoisotopic (exact) mass is 395 g/mol. The molecule has 3 aromatic rings. The Bertz CT molecular complexity index is 976. The van der Waals surface area contributed by atoms with E-state index in [0.717, 1.165) is 41.3 Å². The van der Waals surface area contributed by atoms with Crippen LogP contribution in [-0.4, -0.2) is 37.9 Å². The van der Waals surface area contributed by atoms with Gasteiger partial charge in [-0.15, -0.1) is 0 Å². The minimum absolute atomic E-state index is 0.466. The molecular weight excluding hydrogens is 370 g/mol. The highest BCUT2D eigenvalue weighted by Gasteiger charge is 2.29. The molecule has 146 valence electrons. The second kappa shape index (κ2) is 8.24. The number of benzene rings is 1. The lowest BCUT2D eigenvalue weighted by atomic mass is 10.2. The molecule has 7 heteroatoms. The van der Waals surface area contributed by atoms with Gasteiger partial charge in [0, 0.05) is 30.5 Å². The second-order valence-electron chi connectivity index (χ2n) is 7.18. The van der Waals surface area contributed by atoms with Crippen LogP contribution in [-0.2, 0) is 13.2 Å². The molecule has 0 saturated heterocycles. The van der Waals surface area contributed by atoms with Crippen LogP contribution >= 0.6 is 12.2 Å². The Morgan fingerprint density at radius 1 is 1.21 bits per heavy atom. The number of hydrogen-bond acceptors (Lipinski definition) is 5. The van der Waals surface area contributed by atoms with E-state index in [1.165, 1.54) is 5.56 Å². The molecule has 1 fully saturated rings. The van der Waals surface area contributed by atoms with E-state index in [9.17, 15) is 0 Å². The van der Waals surface area contributed by atoms with Gasteiger partial charge in [-0.1, -0.05) is 12.1 Å². The zero-order valence-corrected chi connectivity index (χ0v) is 17.1. The predicted molar refractivity (Wildman–Crippen MR) is 112 cm³/mol. The Morgan fingerprint density at radius 3 is 2.64 bits per heavy atom. The SMILES string of the molecule is CCOc1ccc(CN(C)Cn2nc(-c3cccnc3)n(C3CC3)c2=S)cc1. The van der Waals surface area contributed by atoms with Crippen LogP contribution in [0, 0.1) is 4.77 Å². The third-order valence-corrected chi connectivity index (χ3v) is 5.17. The Labute approximate surface area is 170 Å². The van der Waals surface area contributed by atoms with Crippen molar-refractivity contribution in [2.45, 2.75) is 39.0 Å². The van der Waals surface area contributed by atoms with Crippen molar-refractivity contribution in [2.24, 2.45) is 0 Å². The summed E-state index contributed by atoms with van der Waals surface area (Å²) in [5, 5.41) is 4.84. The van der Waals surface area contributed by atoms with E-state index >= 15 is 0 Å². The predicted octanol–water partition coefficient (Wildman–Crippen LogP) is 4.30. The molecule has 0 spiro atoms. The van der Waals surface area contributed by atoms with E-state index < -0.39 is 0 Å². The summed E-state index contributed by atoms with van der Waals surface area (Å²) in [5.74, 6) is 1.82. The van der Waals surface area contributed by atoms with Gasteiger partial charge in [-0.25, -0.2) is 4.68 Å². The van der Waals surface area contributed by atoms with Crippen LogP contribution < -0.4 is 4.74 Å². The molecule has 0 aliphatic heterocycles. The summed E-state index contributed by atoms with van der Waals surface area (Å²) in [6, 6.07) is 12.7. The number of pyridine rings is 1. The molecule has 0 amide bonds. The van der Waals surface area contributed by atoms with Gasteiger partial charge in [0.05, 0.1) is 13.3 Å². The molecule has 0 unspecified atom stereocenters. The lowest BCUT2D eigenvalue weighted by molar-refractivity contribution is 0.243. The molecular formula is C21H25N5OS. The molecule has 2 aromatic heterocycles. The van der Waals surface area contributed by atoms with Gasteiger partial charge >= 0.3 is 0 Å². The molecule has 0 radical (unpaired) electrons. The Kier molecular flexibility index (Phi) is 5.54. The molecule has 28 heavy (non-hydrogen) atoms. The maximum Gasteiger partial charge on any atom is 0.199 e. The van der Waals surface area contributed by atoms with E-state index in [2.05, 4.69) is 33.6 Å². The number of aromatic nitrogens is 4. The fraction of sp³-hybridized carbons (Fsp3) is 0.381. The van der Waals surface area contributed by atoms with Crippen molar-refractivity contribution in [1.29, 1.82) is 0 Å². The van der Waals surface area contributed by atoms with Crippen LogP contribution in [0.15, 0.2) is 48.8 Å². The first-order valence-electron chi connectivity index (χ1n) is 9.65. The first-order chi connectivity index (χ1) is 13.7. The minimum atomic E-state index is 0.466. The standard InChI is InChI=1S/C21H25N5OS/c1-3-27-19-10-6-16(7-11-19)14-24(2)15-25-21(28)26(18-8-9-18)20(23-25)17-5-4-12-22-13-17/h4-7,10-13,18H,3,8-9,14-15H2,1-2H3. The summed E-state index contributed by atoms with van der Waals surface area (Å²) in [7, 11) is 2.08. The summed E-state index contributed by atoms with van der Waals surface area (Å²) < 4.78 is 10.4. The molecule has 1 aliphatic rings. The van der Waals surface area contributed by atoms with Crippen molar-refractivity contribution in [3.63, 3.8) is 0 Å². The summed E-state index contributed by atoms with van der Waals surface area (Å²) >= 11 is 5.76. The second-order valence-corrected chi connectivity index (χ2v) is 7.55. The first-order valence-corrected chi connectivity index (χ1v) is 10.1. The average Bonchev–Trinajstić information content (AvgIpc) is 3.49. The van der Waals surface area contributed by atoms with Crippen LogP contribution in [0.3, 0.4) is 0 Å². The van der Waals surface area contributed by atoms with Crippen molar-refractivity contribution in [3.05, 3.63) is 59.1 Å². The quantitative estimate of drug-likeness (QED) is 0.532. The minimum Gasteiger partial charge on any atom is -0.494 e. The average molecular weight is 396 g/mol. The third-order valence-electron chi connectivity index (χ3n) is 4.76. The van der Waals surface area contributed by atoms with Gasteiger partial charge in [-0.3, -0.25) is 14.5 Å². The molecule has 1 aromatic carbocycles. The Hall–Kier alpha value is -2.51. The largest absolute Gasteiger partial charge is 0.494 e. The summed E-state index contributed by atoms with van der Waals surface area (Å²) in [6.45, 7) is 4.12. The normalized spacial score (nSPS) is 13.8. The van der Waals surface area contributed by atoms with Gasteiger partial charge in [-0.2, -0.15) is 5.10 Å². The zero-order valence-electron chi connectivity index (χ0n) is 16.3. The van der Waals surface area contributed by atoms with Crippen molar-refractivity contribution in [3.8, 4) is 17.1 Å². The third kappa shape index (κ3) is 4.15. The van der Waals surface area contributed by atoms with Crippen LogP contribution in [0.25, 0.3) is 11.4 Å². The smallest absolute Gasteiger partial charge is 0.199 e. The van der Waals surface area contributed by atoms with Crippen molar-refractivity contribution in [2.75, 3.05) is 13.7 Å². The molecule has 0 N–H and O–H groups in total. The highest BCUT2D eigenvalue weighted by molar-refractivity contribution is 7.71. The van der Waals surface area contributed by atoms with Crippen molar-refractivity contribution >= 4 is 12.2 Å².